The van der Waals surface area contributed by atoms with E-state index in [1.807, 2.05) is 42.2 Å². The zero-order valence-corrected chi connectivity index (χ0v) is 14.6. The Bertz CT molecular complexity index is 620. The summed E-state index contributed by atoms with van der Waals surface area (Å²) in [5.74, 6) is 0.891. The van der Waals surface area contributed by atoms with Crippen LogP contribution < -0.4 is 0 Å². The molecular weight excluding hydrogens is 330 g/mol. The van der Waals surface area contributed by atoms with Crippen molar-refractivity contribution in [2.24, 2.45) is 0 Å². The molecule has 0 N–H and O–H groups in total. The molecule has 0 radical (unpaired) electrons. The number of thiocarbonyl (C=S) groups is 1. The van der Waals surface area contributed by atoms with Gasteiger partial charge in [0, 0.05) is 18.7 Å². The molecule has 2 heterocycles. The second-order valence-corrected chi connectivity index (χ2v) is 7.51. The molecule has 1 aromatic carbocycles. The smallest absolute Gasteiger partial charge is 0.230 e. The Balaban J connectivity index is 1.83. The third-order valence-electron chi connectivity index (χ3n) is 4.07. The highest BCUT2D eigenvalue weighted by Gasteiger charge is 2.50. The molecule has 2 aliphatic heterocycles. The lowest BCUT2D eigenvalue weighted by Crippen LogP contribution is -2.60. The molecular formula is C17H19NO3S2. The maximum absolute atomic E-state index is 12.1. The maximum atomic E-state index is 12.1. The quantitative estimate of drug-likeness (QED) is 0.601. The summed E-state index contributed by atoms with van der Waals surface area (Å²) in [5, 5.41) is 0. The van der Waals surface area contributed by atoms with Crippen molar-refractivity contribution >= 4 is 34.6 Å². The van der Waals surface area contributed by atoms with E-state index in [9.17, 15) is 4.79 Å². The minimum absolute atomic E-state index is 0.391. The van der Waals surface area contributed by atoms with Crippen LogP contribution in [0.5, 0.6) is 0 Å². The fourth-order valence-corrected chi connectivity index (χ4v) is 4.33. The number of carbonyl (C=O) groups excluding carboxylic acids is 1. The monoisotopic (exact) mass is 349 g/mol. The molecule has 122 valence electrons. The maximum Gasteiger partial charge on any atom is 0.230 e. The Labute approximate surface area is 145 Å². The lowest BCUT2D eigenvalue weighted by atomic mass is 9.89. The van der Waals surface area contributed by atoms with Crippen molar-refractivity contribution in [3.63, 3.8) is 0 Å². The van der Waals surface area contributed by atoms with E-state index in [2.05, 4.69) is 0 Å². The number of hydrogen-bond acceptors (Lipinski definition) is 5. The number of aldehydes is 1. The zero-order chi connectivity index (χ0) is 16.3. The van der Waals surface area contributed by atoms with Gasteiger partial charge < -0.3 is 19.2 Å². The topological polar surface area (TPSA) is 38.8 Å². The normalized spacial score (nSPS) is 27.5. The van der Waals surface area contributed by atoms with Crippen LogP contribution in [0.3, 0.4) is 0 Å². The molecule has 0 spiro atoms. The van der Waals surface area contributed by atoms with Gasteiger partial charge in [0.25, 0.3) is 0 Å². The lowest BCUT2D eigenvalue weighted by molar-refractivity contribution is -0.189. The van der Waals surface area contributed by atoms with Crippen molar-refractivity contribution in [2.45, 2.75) is 31.8 Å². The Morgan fingerprint density at radius 3 is 2.91 bits per heavy atom. The van der Waals surface area contributed by atoms with Gasteiger partial charge in [0.15, 0.2) is 11.8 Å². The van der Waals surface area contributed by atoms with E-state index < -0.39 is 11.8 Å². The molecule has 2 atom stereocenters. The third kappa shape index (κ3) is 3.29. The SMILES string of the molecule is CC1=COC(OCc2ccccc2)C(C=O)(N2CCSC2=S)C1. The van der Waals surface area contributed by atoms with Crippen LogP contribution in [-0.2, 0) is 20.9 Å². The van der Waals surface area contributed by atoms with Crippen molar-refractivity contribution in [1.82, 2.24) is 4.90 Å². The molecule has 1 fully saturated rings. The molecule has 1 saturated heterocycles. The molecule has 0 saturated carbocycles. The van der Waals surface area contributed by atoms with Crippen LogP contribution in [-0.4, -0.2) is 39.6 Å². The number of carbonyl (C=O) groups is 1. The zero-order valence-electron chi connectivity index (χ0n) is 12.9. The molecule has 0 aliphatic carbocycles. The van der Waals surface area contributed by atoms with Crippen molar-refractivity contribution < 1.29 is 14.3 Å². The Morgan fingerprint density at radius 2 is 2.26 bits per heavy atom. The van der Waals surface area contributed by atoms with Gasteiger partial charge in [-0.2, -0.15) is 0 Å². The van der Waals surface area contributed by atoms with Crippen LogP contribution in [0.25, 0.3) is 0 Å². The van der Waals surface area contributed by atoms with Gasteiger partial charge in [0.05, 0.1) is 12.9 Å². The molecule has 3 rings (SSSR count). The largest absolute Gasteiger partial charge is 0.470 e. The number of benzene rings is 1. The minimum atomic E-state index is -0.881. The van der Waals surface area contributed by atoms with Gasteiger partial charge in [-0.05, 0) is 18.1 Å². The van der Waals surface area contributed by atoms with Crippen LogP contribution in [0.2, 0.25) is 0 Å². The summed E-state index contributed by atoms with van der Waals surface area (Å²) < 4.78 is 12.5. The van der Waals surface area contributed by atoms with E-state index in [-0.39, 0.29) is 0 Å². The van der Waals surface area contributed by atoms with Gasteiger partial charge in [-0.1, -0.05) is 54.3 Å². The first kappa shape index (κ1) is 16.5. The third-order valence-corrected chi connectivity index (χ3v) is 5.50. The second-order valence-electron chi connectivity index (χ2n) is 5.78. The summed E-state index contributed by atoms with van der Waals surface area (Å²) in [6.45, 7) is 3.09. The van der Waals surface area contributed by atoms with Crippen molar-refractivity contribution in [2.75, 3.05) is 12.3 Å². The fourth-order valence-electron chi connectivity index (χ4n) is 2.95. The predicted molar refractivity (Wildman–Crippen MR) is 95.0 cm³/mol. The molecule has 0 aromatic heterocycles. The van der Waals surface area contributed by atoms with Gasteiger partial charge in [-0.3, -0.25) is 0 Å². The van der Waals surface area contributed by atoms with Crippen molar-refractivity contribution in [1.29, 1.82) is 0 Å². The fraction of sp³-hybridized carbons (Fsp3) is 0.412. The highest BCUT2D eigenvalue weighted by molar-refractivity contribution is 8.23. The summed E-state index contributed by atoms with van der Waals surface area (Å²) >= 11 is 7.03. The molecule has 1 aromatic rings. The average Bonchev–Trinajstić information content (AvgIpc) is 3.01. The first-order chi connectivity index (χ1) is 11.2. The number of hydrogen-bond donors (Lipinski definition) is 0. The van der Waals surface area contributed by atoms with E-state index in [1.54, 1.807) is 18.0 Å². The minimum Gasteiger partial charge on any atom is -0.470 e. The van der Waals surface area contributed by atoms with Crippen LogP contribution in [0.1, 0.15) is 18.9 Å². The van der Waals surface area contributed by atoms with Gasteiger partial charge in [0.1, 0.15) is 4.32 Å². The molecule has 23 heavy (non-hydrogen) atoms. The predicted octanol–water partition coefficient (Wildman–Crippen LogP) is 3.12. The van der Waals surface area contributed by atoms with E-state index in [0.717, 1.165) is 34.0 Å². The first-order valence-electron chi connectivity index (χ1n) is 7.53. The van der Waals surface area contributed by atoms with E-state index in [0.29, 0.717) is 13.0 Å². The molecule has 4 nitrogen and oxygen atoms in total. The summed E-state index contributed by atoms with van der Waals surface area (Å²) in [5.41, 5.74) is 1.17. The van der Waals surface area contributed by atoms with Crippen LogP contribution in [0.15, 0.2) is 42.2 Å². The van der Waals surface area contributed by atoms with Gasteiger partial charge in [0.2, 0.25) is 6.29 Å². The van der Waals surface area contributed by atoms with Gasteiger partial charge in [-0.25, -0.2) is 0 Å². The Morgan fingerprint density at radius 1 is 1.48 bits per heavy atom. The standard InChI is InChI=1S/C17H19NO3S2/c1-13-9-17(12-19,18-7-8-23-16(18)22)15(20-10-13)21-11-14-5-3-2-4-6-14/h2-6,10,12,15H,7-9,11H2,1H3. The lowest BCUT2D eigenvalue weighted by Gasteiger charge is -2.44. The van der Waals surface area contributed by atoms with Crippen LogP contribution in [0, 0.1) is 0 Å². The summed E-state index contributed by atoms with van der Waals surface area (Å²) in [7, 11) is 0. The van der Waals surface area contributed by atoms with E-state index >= 15 is 0 Å². The molecule has 2 aliphatic rings. The van der Waals surface area contributed by atoms with Crippen LogP contribution in [0.4, 0.5) is 0 Å². The number of rotatable bonds is 5. The van der Waals surface area contributed by atoms with Crippen molar-refractivity contribution in [3.05, 3.63) is 47.7 Å². The van der Waals surface area contributed by atoms with E-state index in [1.165, 1.54) is 0 Å². The Kier molecular flexibility index (Phi) is 5.04. The highest BCUT2D eigenvalue weighted by atomic mass is 32.2. The summed E-state index contributed by atoms with van der Waals surface area (Å²) in [6.07, 6.45) is 2.53. The first-order valence-corrected chi connectivity index (χ1v) is 8.92. The van der Waals surface area contributed by atoms with Crippen LogP contribution >= 0.6 is 24.0 Å². The van der Waals surface area contributed by atoms with Gasteiger partial charge in [-0.15, -0.1) is 0 Å². The van der Waals surface area contributed by atoms with Gasteiger partial charge >= 0.3 is 0 Å². The molecule has 2 unspecified atom stereocenters. The highest BCUT2D eigenvalue weighted by Crippen LogP contribution is 2.37. The average molecular weight is 349 g/mol. The number of ether oxygens (including phenoxy) is 2. The van der Waals surface area contributed by atoms with E-state index in [4.69, 9.17) is 21.7 Å². The number of thioether (sulfide) groups is 1. The molecule has 0 bridgehead atoms. The molecule has 0 amide bonds. The summed E-state index contributed by atoms with van der Waals surface area (Å²) in [6, 6.07) is 9.86. The summed E-state index contributed by atoms with van der Waals surface area (Å²) in [4.78, 5) is 14.0. The van der Waals surface area contributed by atoms with Crippen molar-refractivity contribution in [3.8, 4) is 0 Å². The molecule has 6 heteroatoms. The Hall–Kier alpha value is -1.37. The number of nitrogens with zero attached hydrogens (tertiary/aromatic N) is 1. The second kappa shape index (κ2) is 7.03.